The minimum atomic E-state index is -0.0499. The van der Waals surface area contributed by atoms with E-state index in [0.29, 0.717) is 23.7 Å². The molecule has 1 atom stereocenters. The van der Waals surface area contributed by atoms with Crippen LogP contribution in [-0.2, 0) is 4.79 Å². The van der Waals surface area contributed by atoms with Gasteiger partial charge in [-0.2, -0.15) is 0 Å². The number of anilines is 1. The molecule has 1 aliphatic heterocycles. The van der Waals surface area contributed by atoms with Gasteiger partial charge in [-0.3, -0.25) is 9.69 Å². The Kier molecular flexibility index (Phi) is 6.01. The number of benzene rings is 2. The Morgan fingerprint density at radius 2 is 2.00 bits per heavy atom. The van der Waals surface area contributed by atoms with E-state index in [9.17, 15) is 4.79 Å². The highest BCUT2D eigenvalue weighted by Gasteiger charge is 2.27. The summed E-state index contributed by atoms with van der Waals surface area (Å²) in [7, 11) is 3.16. The third-order valence-electron chi connectivity index (χ3n) is 4.61. The van der Waals surface area contributed by atoms with Crippen LogP contribution in [0.4, 0.5) is 5.69 Å². The highest BCUT2D eigenvalue weighted by atomic mass is 35.5. The van der Waals surface area contributed by atoms with Crippen LogP contribution in [0.15, 0.2) is 42.5 Å². The molecule has 3 rings (SSSR count). The topological polar surface area (TPSA) is 50.8 Å². The van der Waals surface area contributed by atoms with Crippen molar-refractivity contribution in [1.29, 1.82) is 0 Å². The summed E-state index contributed by atoms with van der Waals surface area (Å²) in [6.07, 6.45) is 2.10. The van der Waals surface area contributed by atoms with E-state index in [0.717, 1.165) is 30.0 Å². The molecule has 1 fully saturated rings. The third kappa shape index (κ3) is 4.29. The number of carbonyl (C=O) groups excluding carboxylic acids is 1. The molecule has 1 heterocycles. The fourth-order valence-electron chi connectivity index (χ4n) is 3.41. The monoisotopic (exact) mass is 374 g/mol. The molecule has 0 saturated carbocycles. The quantitative estimate of drug-likeness (QED) is 0.825. The first kappa shape index (κ1) is 18.5. The normalized spacial score (nSPS) is 17.1. The van der Waals surface area contributed by atoms with Crippen molar-refractivity contribution >= 4 is 23.2 Å². The Labute approximate surface area is 158 Å². The molecule has 0 radical (unpaired) electrons. The second-order valence-electron chi connectivity index (χ2n) is 6.30. The summed E-state index contributed by atoms with van der Waals surface area (Å²) in [5, 5.41) is 3.66. The molecule has 26 heavy (non-hydrogen) atoms. The zero-order valence-corrected chi connectivity index (χ0v) is 15.8. The van der Waals surface area contributed by atoms with Gasteiger partial charge in [0.05, 0.1) is 20.8 Å². The molecule has 2 aromatic rings. The van der Waals surface area contributed by atoms with Crippen LogP contribution in [0, 0.1) is 0 Å². The van der Waals surface area contributed by atoms with Crippen molar-refractivity contribution in [2.45, 2.75) is 18.9 Å². The summed E-state index contributed by atoms with van der Waals surface area (Å²) in [5.74, 6) is 1.17. The van der Waals surface area contributed by atoms with E-state index in [-0.39, 0.29) is 11.9 Å². The summed E-state index contributed by atoms with van der Waals surface area (Å²) in [6.45, 7) is 1.24. The summed E-state index contributed by atoms with van der Waals surface area (Å²) in [4.78, 5) is 14.7. The minimum Gasteiger partial charge on any atom is -0.493 e. The Morgan fingerprint density at radius 3 is 2.73 bits per heavy atom. The molecule has 1 amide bonds. The van der Waals surface area contributed by atoms with Gasteiger partial charge in [-0.25, -0.2) is 0 Å². The van der Waals surface area contributed by atoms with Crippen LogP contribution in [0.3, 0.4) is 0 Å². The highest BCUT2D eigenvalue weighted by molar-refractivity contribution is 6.30. The van der Waals surface area contributed by atoms with Gasteiger partial charge >= 0.3 is 0 Å². The van der Waals surface area contributed by atoms with E-state index in [4.69, 9.17) is 21.1 Å². The lowest BCUT2D eigenvalue weighted by Crippen LogP contribution is -2.32. The molecule has 0 aliphatic carbocycles. The lowest BCUT2D eigenvalue weighted by molar-refractivity contribution is -0.117. The van der Waals surface area contributed by atoms with Crippen LogP contribution in [0.25, 0.3) is 0 Å². The number of methoxy groups -OCH3 is 2. The lowest BCUT2D eigenvalue weighted by Gasteiger charge is -2.24. The molecular weight excluding hydrogens is 352 g/mol. The van der Waals surface area contributed by atoms with Gasteiger partial charge in [0.1, 0.15) is 0 Å². The first-order valence-electron chi connectivity index (χ1n) is 8.62. The van der Waals surface area contributed by atoms with Crippen LogP contribution in [0.1, 0.15) is 24.4 Å². The Balaban J connectivity index is 1.66. The van der Waals surface area contributed by atoms with Crippen LogP contribution in [0.5, 0.6) is 11.5 Å². The number of hydrogen-bond donors (Lipinski definition) is 1. The number of nitrogens with one attached hydrogen (secondary N) is 1. The number of rotatable bonds is 6. The average molecular weight is 375 g/mol. The molecule has 138 valence electrons. The van der Waals surface area contributed by atoms with Gasteiger partial charge in [-0.05, 0) is 49.2 Å². The van der Waals surface area contributed by atoms with Crippen LogP contribution < -0.4 is 14.8 Å². The summed E-state index contributed by atoms with van der Waals surface area (Å²) in [6, 6.07) is 13.4. The van der Waals surface area contributed by atoms with Crippen molar-refractivity contribution in [3.05, 3.63) is 53.1 Å². The van der Waals surface area contributed by atoms with E-state index >= 15 is 0 Å². The summed E-state index contributed by atoms with van der Waals surface area (Å²) in [5.41, 5.74) is 1.85. The molecular formula is C20H23ClN2O3. The van der Waals surface area contributed by atoms with Gasteiger partial charge in [-0.1, -0.05) is 23.7 Å². The first-order chi connectivity index (χ1) is 12.6. The Morgan fingerprint density at radius 1 is 1.19 bits per heavy atom. The standard InChI is InChI=1S/C20H23ClN2O3/c1-25-18-9-8-16(12-19(18)26-2)22-20(24)13-23-10-4-7-17(23)14-5-3-6-15(21)11-14/h3,5-6,8-9,11-12,17H,4,7,10,13H2,1-2H3,(H,22,24). The van der Waals surface area contributed by atoms with E-state index in [1.165, 1.54) is 0 Å². The molecule has 0 spiro atoms. The van der Waals surface area contributed by atoms with E-state index in [2.05, 4.69) is 16.3 Å². The van der Waals surface area contributed by atoms with E-state index < -0.39 is 0 Å². The number of hydrogen-bond acceptors (Lipinski definition) is 4. The number of carbonyl (C=O) groups is 1. The summed E-state index contributed by atoms with van der Waals surface area (Å²) >= 11 is 6.12. The molecule has 1 saturated heterocycles. The number of nitrogens with zero attached hydrogens (tertiary/aromatic N) is 1. The molecule has 1 aliphatic rings. The minimum absolute atomic E-state index is 0.0499. The van der Waals surface area contributed by atoms with E-state index in [1.807, 2.05) is 18.2 Å². The molecule has 6 heteroatoms. The molecule has 1 unspecified atom stereocenters. The fourth-order valence-corrected chi connectivity index (χ4v) is 3.60. The van der Waals surface area contributed by atoms with Crippen LogP contribution >= 0.6 is 11.6 Å². The highest BCUT2D eigenvalue weighted by Crippen LogP contribution is 2.33. The van der Waals surface area contributed by atoms with Crippen molar-refractivity contribution < 1.29 is 14.3 Å². The largest absolute Gasteiger partial charge is 0.493 e. The molecule has 5 nitrogen and oxygen atoms in total. The first-order valence-corrected chi connectivity index (χ1v) is 9.00. The lowest BCUT2D eigenvalue weighted by atomic mass is 10.0. The smallest absolute Gasteiger partial charge is 0.238 e. The van der Waals surface area contributed by atoms with E-state index in [1.54, 1.807) is 32.4 Å². The van der Waals surface area contributed by atoms with Gasteiger partial charge in [0.25, 0.3) is 0 Å². The second-order valence-corrected chi connectivity index (χ2v) is 6.74. The zero-order valence-electron chi connectivity index (χ0n) is 15.0. The maximum atomic E-state index is 12.5. The van der Waals surface area contributed by atoms with Crippen molar-refractivity contribution in [1.82, 2.24) is 4.90 Å². The van der Waals surface area contributed by atoms with Crippen molar-refractivity contribution in [3.63, 3.8) is 0 Å². The van der Waals surface area contributed by atoms with Gasteiger partial charge in [-0.15, -0.1) is 0 Å². The maximum Gasteiger partial charge on any atom is 0.238 e. The number of ether oxygens (including phenoxy) is 2. The van der Waals surface area contributed by atoms with Crippen LogP contribution in [-0.4, -0.2) is 38.1 Å². The molecule has 0 aromatic heterocycles. The molecule has 0 bridgehead atoms. The maximum absolute atomic E-state index is 12.5. The predicted molar refractivity (Wildman–Crippen MR) is 103 cm³/mol. The second kappa shape index (κ2) is 8.43. The van der Waals surface area contributed by atoms with Crippen molar-refractivity contribution in [2.75, 3.05) is 32.6 Å². The Bertz CT molecular complexity index is 781. The molecule has 2 aromatic carbocycles. The average Bonchev–Trinajstić information content (AvgIpc) is 3.09. The third-order valence-corrected chi connectivity index (χ3v) is 4.85. The number of likely N-dealkylation sites (tertiary alicyclic amines) is 1. The van der Waals surface area contributed by atoms with Crippen molar-refractivity contribution in [2.24, 2.45) is 0 Å². The number of halogens is 1. The van der Waals surface area contributed by atoms with Gasteiger partial charge in [0.15, 0.2) is 11.5 Å². The van der Waals surface area contributed by atoms with Gasteiger partial charge in [0.2, 0.25) is 5.91 Å². The fraction of sp³-hybridized carbons (Fsp3) is 0.350. The molecule has 1 N–H and O–H groups in total. The Hall–Kier alpha value is -2.24. The van der Waals surface area contributed by atoms with Gasteiger partial charge in [0, 0.05) is 22.8 Å². The predicted octanol–water partition coefficient (Wildman–Crippen LogP) is 4.13. The SMILES string of the molecule is COc1ccc(NC(=O)CN2CCCC2c2cccc(Cl)c2)cc1OC. The van der Waals surface area contributed by atoms with Gasteiger partial charge < -0.3 is 14.8 Å². The van der Waals surface area contributed by atoms with Crippen LogP contribution in [0.2, 0.25) is 5.02 Å². The number of amides is 1. The van der Waals surface area contributed by atoms with Crippen molar-refractivity contribution in [3.8, 4) is 11.5 Å². The summed E-state index contributed by atoms with van der Waals surface area (Å²) < 4.78 is 10.5. The zero-order chi connectivity index (χ0) is 18.5.